The average molecular weight is 299 g/mol. The van der Waals surface area contributed by atoms with Crippen LogP contribution in [0, 0.1) is 5.92 Å². The number of amides is 3. The lowest BCUT2D eigenvalue weighted by atomic mass is 10.1. The Balaban J connectivity index is 2.83. The summed E-state index contributed by atoms with van der Waals surface area (Å²) < 4.78 is 5.10. The third-order valence-corrected chi connectivity index (χ3v) is 2.64. The number of imide groups is 1. The summed E-state index contributed by atoms with van der Waals surface area (Å²) in [7, 11) is 0. The zero-order valence-corrected chi connectivity index (χ0v) is 11.8. The normalized spacial score (nSPS) is 11.8. The molecule has 0 spiro atoms. The van der Waals surface area contributed by atoms with Gasteiger partial charge < -0.3 is 10.5 Å². The van der Waals surface area contributed by atoms with Crippen LogP contribution >= 0.6 is 11.6 Å². The molecule has 1 rings (SSSR count). The van der Waals surface area contributed by atoms with Gasteiger partial charge in [-0.05, 0) is 24.1 Å². The molecule has 7 heteroatoms. The molecule has 3 amide bonds. The van der Waals surface area contributed by atoms with Crippen molar-refractivity contribution < 1.29 is 19.1 Å². The van der Waals surface area contributed by atoms with Crippen molar-refractivity contribution in [1.29, 1.82) is 0 Å². The molecule has 0 heterocycles. The van der Waals surface area contributed by atoms with E-state index in [9.17, 15) is 14.4 Å². The monoisotopic (exact) mass is 298 g/mol. The van der Waals surface area contributed by atoms with Crippen LogP contribution < -0.4 is 11.1 Å². The summed E-state index contributed by atoms with van der Waals surface area (Å²) in [4.78, 5) is 34.3. The van der Waals surface area contributed by atoms with Crippen LogP contribution in [0.1, 0.15) is 24.2 Å². The largest absolute Gasteiger partial charge is 0.448 e. The van der Waals surface area contributed by atoms with Crippen molar-refractivity contribution in [1.82, 2.24) is 5.32 Å². The van der Waals surface area contributed by atoms with E-state index in [1.807, 2.05) is 5.32 Å². The second-order valence-electron chi connectivity index (χ2n) is 4.43. The number of ether oxygens (including phenoxy) is 1. The Kier molecular flexibility index (Phi) is 5.52. The number of rotatable bonds is 4. The van der Waals surface area contributed by atoms with Gasteiger partial charge in [0.25, 0.3) is 5.91 Å². The highest BCUT2D eigenvalue weighted by atomic mass is 35.5. The fourth-order valence-electron chi connectivity index (χ4n) is 1.48. The minimum absolute atomic E-state index is 0.218. The Morgan fingerprint density at radius 1 is 1.30 bits per heavy atom. The van der Waals surface area contributed by atoms with Crippen molar-refractivity contribution in [3.05, 3.63) is 34.9 Å². The highest BCUT2D eigenvalue weighted by Gasteiger charge is 2.27. The number of urea groups is 1. The molecule has 3 N–H and O–H groups in total. The van der Waals surface area contributed by atoms with Crippen LogP contribution in [0.3, 0.4) is 0 Å². The van der Waals surface area contributed by atoms with Crippen LogP contribution in [0.2, 0.25) is 5.02 Å². The van der Waals surface area contributed by atoms with Crippen LogP contribution in [-0.2, 0) is 9.53 Å². The number of halogens is 1. The van der Waals surface area contributed by atoms with Gasteiger partial charge in [-0.2, -0.15) is 0 Å². The van der Waals surface area contributed by atoms with Crippen molar-refractivity contribution in [3.63, 3.8) is 0 Å². The first kappa shape index (κ1) is 16.0. The molecule has 0 saturated heterocycles. The maximum absolute atomic E-state index is 11.9. The van der Waals surface area contributed by atoms with E-state index >= 15 is 0 Å². The second kappa shape index (κ2) is 6.91. The summed E-state index contributed by atoms with van der Waals surface area (Å²) >= 11 is 5.77. The first-order valence-electron chi connectivity index (χ1n) is 5.88. The van der Waals surface area contributed by atoms with Crippen LogP contribution in [0.15, 0.2) is 24.3 Å². The van der Waals surface area contributed by atoms with Crippen molar-refractivity contribution in [3.8, 4) is 0 Å². The summed E-state index contributed by atoms with van der Waals surface area (Å²) in [6.45, 7) is 3.35. The van der Waals surface area contributed by atoms with E-state index in [-0.39, 0.29) is 11.5 Å². The van der Waals surface area contributed by atoms with E-state index in [0.717, 1.165) is 0 Å². The minimum Gasteiger partial charge on any atom is -0.448 e. The lowest BCUT2D eigenvalue weighted by molar-refractivity contribution is -0.130. The van der Waals surface area contributed by atoms with Gasteiger partial charge in [0.15, 0.2) is 6.10 Å². The number of benzene rings is 1. The third-order valence-electron chi connectivity index (χ3n) is 2.40. The predicted octanol–water partition coefficient (Wildman–Crippen LogP) is 1.72. The van der Waals surface area contributed by atoms with Gasteiger partial charge in [-0.1, -0.05) is 31.5 Å². The highest BCUT2D eigenvalue weighted by molar-refractivity contribution is 6.30. The quantitative estimate of drug-likeness (QED) is 0.827. The summed E-state index contributed by atoms with van der Waals surface area (Å²) in [5.41, 5.74) is 5.08. The third kappa shape index (κ3) is 4.55. The van der Waals surface area contributed by atoms with Crippen molar-refractivity contribution in [2.24, 2.45) is 11.7 Å². The summed E-state index contributed by atoms with van der Waals surface area (Å²) in [5, 5.41) is 2.27. The molecule has 20 heavy (non-hydrogen) atoms. The number of carbonyl (C=O) groups is 3. The zero-order valence-electron chi connectivity index (χ0n) is 11.1. The summed E-state index contributed by atoms with van der Waals surface area (Å²) in [5.74, 6) is -1.79. The molecule has 6 nitrogen and oxygen atoms in total. The molecule has 0 saturated carbocycles. The molecule has 0 aliphatic carbocycles. The average Bonchev–Trinajstić information content (AvgIpc) is 2.34. The van der Waals surface area contributed by atoms with Crippen LogP contribution in [0.4, 0.5) is 4.79 Å². The van der Waals surface area contributed by atoms with Gasteiger partial charge >= 0.3 is 12.0 Å². The zero-order chi connectivity index (χ0) is 15.3. The van der Waals surface area contributed by atoms with E-state index in [1.165, 1.54) is 12.1 Å². The topological polar surface area (TPSA) is 98.5 Å². The lowest BCUT2D eigenvalue weighted by Crippen LogP contribution is -2.45. The van der Waals surface area contributed by atoms with Gasteiger partial charge in [0.05, 0.1) is 5.56 Å². The SMILES string of the molecule is CC(C)[C@H](OC(=O)c1cccc(Cl)c1)C(=O)NC(N)=O. The number of nitrogens with two attached hydrogens (primary N) is 1. The smallest absolute Gasteiger partial charge is 0.338 e. The fraction of sp³-hybridized carbons (Fsp3) is 0.308. The van der Waals surface area contributed by atoms with E-state index in [1.54, 1.807) is 26.0 Å². The van der Waals surface area contributed by atoms with Crippen LogP contribution in [-0.4, -0.2) is 24.0 Å². The molecular formula is C13H15ClN2O4. The van der Waals surface area contributed by atoms with Gasteiger partial charge in [0, 0.05) is 5.02 Å². The predicted molar refractivity (Wildman–Crippen MR) is 73.2 cm³/mol. The van der Waals surface area contributed by atoms with Crippen molar-refractivity contribution in [2.45, 2.75) is 20.0 Å². The number of hydrogen-bond acceptors (Lipinski definition) is 4. The molecular weight excluding hydrogens is 284 g/mol. The Morgan fingerprint density at radius 3 is 2.45 bits per heavy atom. The van der Waals surface area contributed by atoms with Crippen molar-refractivity contribution >= 4 is 29.5 Å². The Labute approximate surface area is 121 Å². The Hall–Kier alpha value is -2.08. The first-order chi connectivity index (χ1) is 9.31. The minimum atomic E-state index is -1.12. The molecule has 108 valence electrons. The molecule has 0 aliphatic rings. The van der Waals surface area contributed by atoms with Gasteiger partial charge in [0.2, 0.25) is 0 Å². The van der Waals surface area contributed by atoms with Crippen LogP contribution in [0.25, 0.3) is 0 Å². The first-order valence-corrected chi connectivity index (χ1v) is 6.26. The van der Waals surface area contributed by atoms with E-state index < -0.39 is 24.0 Å². The number of primary amides is 1. The maximum atomic E-state index is 11.9. The molecule has 0 unspecified atom stereocenters. The number of esters is 1. The molecule has 0 bridgehead atoms. The van der Waals surface area contributed by atoms with E-state index in [4.69, 9.17) is 22.1 Å². The van der Waals surface area contributed by atoms with Gasteiger partial charge in [-0.15, -0.1) is 0 Å². The lowest BCUT2D eigenvalue weighted by Gasteiger charge is -2.19. The van der Waals surface area contributed by atoms with Gasteiger partial charge in [-0.25, -0.2) is 9.59 Å². The number of carbonyl (C=O) groups excluding carboxylic acids is 3. The van der Waals surface area contributed by atoms with E-state index in [2.05, 4.69) is 0 Å². The Morgan fingerprint density at radius 2 is 1.95 bits per heavy atom. The molecule has 0 aromatic heterocycles. The van der Waals surface area contributed by atoms with Gasteiger partial charge in [0.1, 0.15) is 0 Å². The maximum Gasteiger partial charge on any atom is 0.338 e. The summed E-state index contributed by atoms with van der Waals surface area (Å²) in [6.07, 6.45) is -1.12. The highest BCUT2D eigenvalue weighted by Crippen LogP contribution is 2.14. The molecule has 0 aliphatic heterocycles. The molecule has 1 atom stereocenters. The van der Waals surface area contributed by atoms with E-state index in [0.29, 0.717) is 5.02 Å². The molecule has 1 aromatic carbocycles. The van der Waals surface area contributed by atoms with Gasteiger partial charge in [-0.3, -0.25) is 10.1 Å². The molecule has 0 fully saturated rings. The van der Waals surface area contributed by atoms with Crippen LogP contribution in [0.5, 0.6) is 0 Å². The molecule has 1 aromatic rings. The number of hydrogen-bond donors (Lipinski definition) is 2. The second-order valence-corrected chi connectivity index (χ2v) is 4.87. The number of nitrogens with one attached hydrogen (secondary N) is 1. The van der Waals surface area contributed by atoms with Crippen molar-refractivity contribution in [2.75, 3.05) is 0 Å². The fourth-order valence-corrected chi connectivity index (χ4v) is 1.67. The summed E-state index contributed by atoms with van der Waals surface area (Å²) in [6, 6.07) is 5.13. The molecule has 0 radical (unpaired) electrons. The Bertz CT molecular complexity index is 531. The standard InChI is InChI=1S/C13H15ClN2O4/c1-7(2)10(11(17)16-13(15)19)20-12(18)8-4-3-5-9(14)6-8/h3-7,10H,1-2H3,(H3,15,16,17,19)/t10-/m0/s1.